The van der Waals surface area contributed by atoms with Crippen molar-refractivity contribution in [3.63, 3.8) is 0 Å². The van der Waals surface area contributed by atoms with Crippen molar-refractivity contribution in [3.05, 3.63) is 42.2 Å². The Balaban J connectivity index is 2.03. The molecule has 100 valence electrons. The number of rotatable bonds is 5. The van der Waals surface area contributed by atoms with Crippen molar-refractivity contribution in [2.45, 2.75) is 26.4 Å². The Kier molecular flexibility index (Phi) is 4.22. The third-order valence-electron chi connectivity index (χ3n) is 2.84. The first kappa shape index (κ1) is 13.2. The summed E-state index contributed by atoms with van der Waals surface area (Å²) in [4.78, 5) is 12.0. The summed E-state index contributed by atoms with van der Waals surface area (Å²) in [5.74, 6) is 0.204. The third-order valence-corrected chi connectivity index (χ3v) is 2.84. The monoisotopic (exact) mass is 259 g/mol. The van der Waals surface area contributed by atoms with Crippen LogP contribution in [0.4, 0.5) is 0 Å². The van der Waals surface area contributed by atoms with Gasteiger partial charge < -0.3 is 5.32 Å². The van der Waals surface area contributed by atoms with Crippen LogP contribution in [-0.2, 0) is 11.3 Å². The maximum Gasteiger partial charge on any atom is 0.242 e. The second-order valence-electron chi connectivity index (χ2n) is 4.71. The third kappa shape index (κ3) is 3.61. The summed E-state index contributed by atoms with van der Waals surface area (Å²) < 4.78 is 1.40. The quantitative estimate of drug-likeness (QED) is 0.875. The van der Waals surface area contributed by atoms with Crippen LogP contribution >= 0.6 is 0 Å². The van der Waals surface area contributed by atoms with E-state index >= 15 is 0 Å². The summed E-state index contributed by atoms with van der Waals surface area (Å²) in [6.45, 7) is 4.28. The van der Waals surface area contributed by atoms with Crippen LogP contribution in [0.3, 0.4) is 0 Å². The zero-order valence-corrected chi connectivity index (χ0v) is 11.0. The van der Waals surface area contributed by atoms with Gasteiger partial charge in [0.1, 0.15) is 12.9 Å². The van der Waals surface area contributed by atoms with Crippen molar-refractivity contribution in [1.29, 1.82) is 0 Å². The largest absolute Gasteiger partial charge is 0.347 e. The van der Waals surface area contributed by atoms with E-state index in [1.54, 1.807) is 0 Å². The molecular weight excluding hydrogens is 242 g/mol. The van der Waals surface area contributed by atoms with Gasteiger partial charge >= 0.3 is 0 Å². The summed E-state index contributed by atoms with van der Waals surface area (Å²) in [6, 6.07) is 9.93. The van der Waals surface area contributed by atoms with Gasteiger partial charge in [0.25, 0.3) is 0 Å². The Bertz CT molecular complexity index is 509. The molecule has 1 N–H and O–H groups in total. The minimum atomic E-state index is -0.102. The smallest absolute Gasteiger partial charge is 0.242 e. The lowest BCUT2D eigenvalue weighted by Gasteiger charge is -2.22. The number of amides is 1. The van der Waals surface area contributed by atoms with Crippen molar-refractivity contribution >= 4 is 5.91 Å². The SMILES string of the molecule is CC(C)[C@@H](NC(=O)Cn1cnnn1)c1ccccc1. The van der Waals surface area contributed by atoms with Crippen LogP contribution in [0.5, 0.6) is 0 Å². The molecule has 0 bridgehead atoms. The van der Waals surface area contributed by atoms with Crippen molar-refractivity contribution in [2.75, 3.05) is 0 Å². The Morgan fingerprint density at radius 3 is 2.63 bits per heavy atom. The predicted molar refractivity (Wildman–Crippen MR) is 70.0 cm³/mol. The minimum absolute atomic E-state index is 0.00909. The fraction of sp³-hybridized carbons (Fsp3) is 0.385. The van der Waals surface area contributed by atoms with Gasteiger partial charge in [-0.3, -0.25) is 4.79 Å². The van der Waals surface area contributed by atoms with E-state index in [1.807, 2.05) is 30.3 Å². The molecule has 0 saturated carbocycles. The number of aromatic nitrogens is 4. The fourth-order valence-corrected chi connectivity index (χ4v) is 1.91. The van der Waals surface area contributed by atoms with E-state index in [-0.39, 0.29) is 18.5 Å². The molecule has 0 spiro atoms. The average Bonchev–Trinajstić information content (AvgIpc) is 2.89. The summed E-state index contributed by atoms with van der Waals surface area (Å²) in [6.07, 6.45) is 1.42. The van der Waals surface area contributed by atoms with E-state index in [4.69, 9.17) is 0 Å². The van der Waals surface area contributed by atoms with Crippen molar-refractivity contribution in [1.82, 2.24) is 25.5 Å². The second-order valence-corrected chi connectivity index (χ2v) is 4.71. The van der Waals surface area contributed by atoms with E-state index in [9.17, 15) is 4.79 Å². The van der Waals surface area contributed by atoms with Crippen LogP contribution in [0, 0.1) is 5.92 Å². The van der Waals surface area contributed by atoms with E-state index in [1.165, 1.54) is 11.0 Å². The van der Waals surface area contributed by atoms with Crippen LogP contribution in [-0.4, -0.2) is 26.1 Å². The van der Waals surface area contributed by atoms with Crippen LogP contribution < -0.4 is 5.32 Å². The molecule has 2 rings (SSSR count). The minimum Gasteiger partial charge on any atom is -0.347 e. The van der Waals surface area contributed by atoms with Crippen LogP contribution in [0.2, 0.25) is 0 Å². The van der Waals surface area contributed by atoms with Crippen molar-refractivity contribution in [3.8, 4) is 0 Å². The fourth-order valence-electron chi connectivity index (χ4n) is 1.91. The van der Waals surface area contributed by atoms with E-state index < -0.39 is 0 Å². The van der Waals surface area contributed by atoms with Gasteiger partial charge in [0.2, 0.25) is 5.91 Å². The molecule has 1 aromatic heterocycles. The van der Waals surface area contributed by atoms with Gasteiger partial charge in [0, 0.05) is 0 Å². The normalized spacial score (nSPS) is 12.4. The Hall–Kier alpha value is -2.24. The highest BCUT2D eigenvalue weighted by Gasteiger charge is 2.18. The van der Waals surface area contributed by atoms with Crippen LogP contribution in [0.15, 0.2) is 36.7 Å². The number of nitrogens with one attached hydrogen (secondary N) is 1. The van der Waals surface area contributed by atoms with Gasteiger partial charge in [-0.1, -0.05) is 44.2 Å². The van der Waals surface area contributed by atoms with E-state index in [0.29, 0.717) is 5.92 Å². The predicted octanol–water partition coefficient (Wildman–Crippen LogP) is 1.19. The molecule has 19 heavy (non-hydrogen) atoms. The Morgan fingerprint density at radius 1 is 1.32 bits per heavy atom. The van der Waals surface area contributed by atoms with E-state index in [2.05, 4.69) is 34.7 Å². The highest BCUT2D eigenvalue weighted by atomic mass is 16.2. The zero-order chi connectivity index (χ0) is 13.7. The molecule has 0 radical (unpaired) electrons. The zero-order valence-electron chi connectivity index (χ0n) is 11.0. The highest BCUT2D eigenvalue weighted by Crippen LogP contribution is 2.21. The van der Waals surface area contributed by atoms with Gasteiger partial charge in [0.15, 0.2) is 0 Å². The van der Waals surface area contributed by atoms with Crippen LogP contribution in [0.1, 0.15) is 25.5 Å². The van der Waals surface area contributed by atoms with Gasteiger partial charge in [-0.25, -0.2) is 4.68 Å². The molecule has 2 aromatic rings. The number of hydrogen-bond donors (Lipinski definition) is 1. The molecule has 1 atom stereocenters. The molecule has 0 unspecified atom stereocenters. The molecule has 1 amide bonds. The van der Waals surface area contributed by atoms with Gasteiger partial charge in [-0.05, 0) is 21.9 Å². The molecule has 1 aromatic carbocycles. The van der Waals surface area contributed by atoms with Crippen LogP contribution in [0.25, 0.3) is 0 Å². The Labute approximate surface area is 111 Å². The van der Waals surface area contributed by atoms with Gasteiger partial charge in [-0.2, -0.15) is 0 Å². The summed E-state index contributed by atoms with van der Waals surface area (Å²) >= 11 is 0. The molecule has 0 aliphatic carbocycles. The molecule has 0 fully saturated rings. The molecular formula is C13H17N5O. The highest BCUT2D eigenvalue weighted by molar-refractivity contribution is 5.76. The first-order chi connectivity index (χ1) is 9.16. The second kappa shape index (κ2) is 6.08. The number of benzene rings is 1. The van der Waals surface area contributed by atoms with E-state index in [0.717, 1.165) is 5.56 Å². The first-order valence-corrected chi connectivity index (χ1v) is 6.22. The van der Waals surface area contributed by atoms with Gasteiger partial charge in [0.05, 0.1) is 6.04 Å². The standard InChI is InChI=1S/C13H17N5O/c1-10(2)13(11-6-4-3-5-7-11)15-12(19)8-18-9-14-16-17-18/h3-7,9-10,13H,8H2,1-2H3,(H,15,19)/t13-/m1/s1. The lowest BCUT2D eigenvalue weighted by Crippen LogP contribution is -2.34. The lowest BCUT2D eigenvalue weighted by molar-refractivity contribution is -0.123. The number of carbonyl (C=O) groups excluding carboxylic acids is 1. The summed E-state index contributed by atoms with van der Waals surface area (Å²) in [5, 5.41) is 13.7. The molecule has 6 heteroatoms. The number of hydrogen-bond acceptors (Lipinski definition) is 4. The average molecular weight is 259 g/mol. The summed E-state index contributed by atoms with van der Waals surface area (Å²) in [5.41, 5.74) is 1.10. The molecule has 1 heterocycles. The van der Waals surface area contributed by atoms with Crippen molar-refractivity contribution < 1.29 is 4.79 Å². The molecule has 0 aliphatic rings. The number of nitrogens with zero attached hydrogens (tertiary/aromatic N) is 4. The molecule has 0 aliphatic heterocycles. The molecule has 0 saturated heterocycles. The maximum absolute atomic E-state index is 12.0. The Morgan fingerprint density at radius 2 is 2.05 bits per heavy atom. The topological polar surface area (TPSA) is 72.7 Å². The number of tetrazole rings is 1. The lowest BCUT2D eigenvalue weighted by atomic mass is 9.96. The van der Waals surface area contributed by atoms with Crippen molar-refractivity contribution in [2.24, 2.45) is 5.92 Å². The first-order valence-electron chi connectivity index (χ1n) is 6.22. The van der Waals surface area contributed by atoms with Gasteiger partial charge in [-0.15, -0.1) is 5.10 Å². The summed E-state index contributed by atoms with van der Waals surface area (Å²) in [7, 11) is 0. The maximum atomic E-state index is 12.0. The number of carbonyl (C=O) groups is 1. The molecule has 6 nitrogen and oxygen atoms in total.